The second-order valence-electron chi connectivity index (χ2n) is 4.47. The monoisotopic (exact) mass is 325 g/mol. The van der Waals surface area contributed by atoms with Crippen molar-refractivity contribution in [2.75, 3.05) is 39.1 Å². The number of amides is 1. The SMILES string of the molecule is CCOP(=O)(O)CC(=O)CC(=O)N(O)CC1COCCO1. The summed E-state index contributed by atoms with van der Waals surface area (Å²) in [5.74, 6) is -1.65. The molecule has 122 valence electrons. The zero-order chi connectivity index (χ0) is 15.9. The van der Waals surface area contributed by atoms with E-state index in [1.807, 2.05) is 0 Å². The second kappa shape index (κ2) is 8.57. The third-order valence-corrected chi connectivity index (χ3v) is 4.02. The molecule has 1 aliphatic rings. The van der Waals surface area contributed by atoms with Crippen LogP contribution in [0, 0.1) is 0 Å². The first-order valence-corrected chi connectivity index (χ1v) is 8.27. The summed E-state index contributed by atoms with van der Waals surface area (Å²) in [5, 5.41) is 9.92. The number of carbonyl (C=O) groups excluding carboxylic acids is 2. The van der Waals surface area contributed by atoms with Gasteiger partial charge in [0.2, 0.25) is 0 Å². The molecule has 0 saturated carbocycles. The van der Waals surface area contributed by atoms with Crippen molar-refractivity contribution in [3.8, 4) is 0 Å². The van der Waals surface area contributed by atoms with Gasteiger partial charge in [0.15, 0.2) is 5.78 Å². The van der Waals surface area contributed by atoms with E-state index in [1.165, 1.54) is 6.92 Å². The van der Waals surface area contributed by atoms with E-state index < -0.39 is 38.0 Å². The van der Waals surface area contributed by atoms with E-state index in [1.54, 1.807) is 0 Å². The fourth-order valence-electron chi connectivity index (χ4n) is 1.72. The van der Waals surface area contributed by atoms with Crippen molar-refractivity contribution in [1.29, 1.82) is 0 Å². The van der Waals surface area contributed by atoms with Crippen LogP contribution in [0.5, 0.6) is 0 Å². The molecule has 0 aromatic rings. The van der Waals surface area contributed by atoms with Crippen LogP contribution in [-0.4, -0.2) is 72.1 Å². The van der Waals surface area contributed by atoms with Gasteiger partial charge in [-0.15, -0.1) is 0 Å². The second-order valence-corrected chi connectivity index (χ2v) is 6.32. The van der Waals surface area contributed by atoms with Crippen molar-refractivity contribution in [3.05, 3.63) is 0 Å². The molecule has 2 atom stereocenters. The Hall–Kier alpha value is -0.830. The van der Waals surface area contributed by atoms with Gasteiger partial charge in [-0.2, -0.15) is 0 Å². The number of nitrogens with zero attached hydrogens (tertiary/aromatic N) is 1. The molecular weight excluding hydrogens is 305 g/mol. The lowest BCUT2D eigenvalue weighted by molar-refractivity contribution is -0.181. The van der Waals surface area contributed by atoms with E-state index in [0.717, 1.165) is 0 Å². The van der Waals surface area contributed by atoms with Crippen LogP contribution in [0.1, 0.15) is 13.3 Å². The molecule has 1 rings (SSSR count). The maximum Gasteiger partial charge on any atom is 0.335 e. The van der Waals surface area contributed by atoms with Gasteiger partial charge in [-0.1, -0.05) is 0 Å². The van der Waals surface area contributed by atoms with E-state index in [4.69, 9.17) is 9.47 Å². The number of hydrogen-bond acceptors (Lipinski definition) is 7. The normalized spacial score (nSPS) is 21.6. The lowest BCUT2D eigenvalue weighted by atomic mass is 10.2. The number of rotatable bonds is 8. The maximum atomic E-state index is 11.6. The van der Waals surface area contributed by atoms with Gasteiger partial charge in [-0.3, -0.25) is 19.4 Å². The molecule has 0 bridgehead atoms. The number of ketones is 1. The van der Waals surface area contributed by atoms with Gasteiger partial charge in [0, 0.05) is 0 Å². The number of ether oxygens (including phenoxy) is 2. The number of Topliss-reactive ketones (excluding diaryl/α,β-unsaturated/α-hetero) is 1. The smallest absolute Gasteiger partial charge is 0.335 e. The first kappa shape index (κ1) is 18.2. The van der Waals surface area contributed by atoms with E-state index in [0.29, 0.717) is 18.3 Å². The molecule has 10 heteroatoms. The fraction of sp³-hybridized carbons (Fsp3) is 0.818. The molecule has 1 fully saturated rings. The minimum atomic E-state index is -4.02. The third kappa shape index (κ3) is 7.12. The molecule has 0 aromatic carbocycles. The van der Waals surface area contributed by atoms with Gasteiger partial charge in [0.1, 0.15) is 12.3 Å². The van der Waals surface area contributed by atoms with E-state index in [9.17, 15) is 24.3 Å². The van der Waals surface area contributed by atoms with Crippen LogP contribution in [0.4, 0.5) is 0 Å². The quantitative estimate of drug-likeness (QED) is 0.272. The first-order valence-electron chi connectivity index (χ1n) is 6.50. The average Bonchev–Trinajstić information content (AvgIpc) is 2.38. The molecule has 21 heavy (non-hydrogen) atoms. The zero-order valence-electron chi connectivity index (χ0n) is 11.8. The average molecular weight is 325 g/mol. The molecule has 1 saturated heterocycles. The Morgan fingerprint density at radius 2 is 2.14 bits per heavy atom. The van der Waals surface area contributed by atoms with Gasteiger partial charge in [-0.25, -0.2) is 5.06 Å². The number of hydrogen-bond donors (Lipinski definition) is 2. The fourth-order valence-corrected chi connectivity index (χ4v) is 2.78. The summed E-state index contributed by atoms with van der Waals surface area (Å²) in [6.07, 6.45) is -1.90. The van der Waals surface area contributed by atoms with Gasteiger partial charge < -0.3 is 18.9 Å². The standard InChI is InChI=1S/C11H20NO8P/c1-2-20-21(16,17)8-9(13)5-11(14)12(15)6-10-7-18-3-4-19-10/h10,15H,2-8H2,1H3,(H,16,17). The van der Waals surface area contributed by atoms with Crippen LogP contribution in [0.3, 0.4) is 0 Å². The summed E-state index contributed by atoms with van der Waals surface area (Å²) in [4.78, 5) is 32.4. The molecule has 1 amide bonds. The Morgan fingerprint density at radius 3 is 2.71 bits per heavy atom. The zero-order valence-corrected chi connectivity index (χ0v) is 12.7. The Balaban J connectivity index is 2.37. The van der Waals surface area contributed by atoms with Gasteiger partial charge >= 0.3 is 7.60 Å². The van der Waals surface area contributed by atoms with E-state index >= 15 is 0 Å². The highest BCUT2D eigenvalue weighted by molar-refractivity contribution is 7.53. The predicted octanol–water partition coefficient (Wildman–Crippen LogP) is -0.199. The maximum absolute atomic E-state index is 11.6. The first-order chi connectivity index (χ1) is 9.84. The van der Waals surface area contributed by atoms with Crippen LogP contribution in [0.2, 0.25) is 0 Å². The topological polar surface area (TPSA) is 123 Å². The van der Waals surface area contributed by atoms with E-state index in [-0.39, 0.29) is 19.8 Å². The molecule has 9 nitrogen and oxygen atoms in total. The minimum Gasteiger partial charge on any atom is -0.376 e. The Kier molecular flexibility index (Phi) is 7.44. The van der Waals surface area contributed by atoms with Crippen LogP contribution in [0.15, 0.2) is 0 Å². The Morgan fingerprint density at radius 1 is 1.43 bits per heavy atom. The lowest BCUT2D eigenvalue weighted by Gasteiger charge is -2.26. The molecule has 0 spiro atoms. The van der Waals surface area contributed by atoms with Crippen LogP contribution >= 0.6 is 7.60 Å². The van der Waals surface area contributed by atoms with Crippen molar-refractivity contribution in [3.63, 3.8) is 0 Å². The Bertz CT molecular complexity index is 409. The van der Waals surface area contributed by atoms with Crippen molar-refractivity contribution in [1.82, 2.24) is 5.06 Å². The summed E-state index contributed by atoms with van der Waals surface area (Å²) in [6, 6.07) is 0. The van der Waals surface area contributed by atoms with Crippen LogP contribution in [0.25, 0.3) is 0 Å². The largest absolute Gasteiger partial charge is 0.376 e. The molecule has 0 radical (unpaired) electrons. The van der Waals surface area contributed by atoms with Crippen molar-refractivity contribution in [2.45, 2.75) is 19.4 Å². The predicted molar refractivity (Wildman–Crippen MR) is 70.0 cm³/mol. The summed E-state index contributed by atoms with van der Waals surface area (Å²) in [5.41, 5.74) is 0. The van der Waals surface area contributed by atoms with E-state index in [2.05, 4.69) is 4.52 Å². The lowest BCUT2D eigenvalue weighted by Crippen LogP contribution is -2.41. The summed E-state index contributed by atoms with van der Waals surface area (Å²) >= 11 is 0. The summed E-state index contributed by atoms with van der Waals surface area (Å²) in [7, 11) is -4.02. The van der Waals surface area contributed by atoms with Gasteiger partial charge in [0.25, 0.3) is 5.91 Å². The number of carbonyl (C=O) groups is 2. The highest BCUT2D eigenvalue weighted by atomic mass is 31.2. The Labute approximate surface area is 122 Å². The molecule has 2 unspecified atom stereocenters. The van der Waals surface area contributed by atoms with Crippen LogP contribution < -0.4 is 0 Å². The van der Waals surface area contributed by atoms with Crippen molar-refractivity contribution < 1.29 is 38.3 Å². The molecule has 1 aliphatic heterocycles. The number of hydroxylamine groups is 2. The molecular formula is C11H20NO8P. The van der Waals surface area contributed by atoms with Gasteiger partial charge in [0.05, 0.1) is 39.4 Å². The van der Waals surface area contributed by atoms with Crippen LogP contribution in [-0.2, 0) is 28.2 Å². The highest BCUT2D eigenvalue weighted by Crippen LogP contribution is 2.41. The summed E-state index contributed by atoms with van der Waals surface area (Å²) < 4.78 is 26.3. The molecule has 0 aromatic heterocycles. The van der Waals surface area contributed by atoms with Crippen molar-refractivity contribution >= 4 is 19.3 Å². The molecule has 0 aliphatic carbocycles. The highest BCUT2D eigenvalue weighted by Gasteiger charge is 2.27. The minimum absolute atomic E-state index is 0.0137. The van der Waals surface area contributed by atoms with Gasteiger partial charge in [-0.05, 0) is 6.92 Å². The molecule has 2 N–H and O–H groups in total. The molecule has 1 heterocycles. The third-order valence-electron chi connectivity index (χ3n) is 2.60. The summed E-state index contributed by atoms with van der Waals surface area (Å²) in [6.45, 7) is 2.44. The van der Waals surface area contributed by atoms with Crippen molar-refractivity contribution in [2.24, 2.45) is 0 Å².